The molecule has 0 aliphatic heterocycles. The predicted molar refractivity (Wildman–Crippen MR) is 126 cm³/mol. The van der Waals surface area contributed by atoms with Gasteiger partial charge in [0.1, 0.15) is 0 Å². The Morgan fingerprint density at radius 2 is 1.36 bits per heavy atom. The quantitative estimate of drug-likeness (QED) is 0.269. The van der Waals surface area contributed by atoms with Crippen LogP contribution in [0, 0.1) is 6.92 Å². The Hall–Kier alpha value is -2.62. The number of nitrogens with zero attached hydrogens (tertiary/aromatic N) is 1. The summed E-state index contributed by atoms with van der Waals surface area (Å²) < 4.78 is 3.78. The van der Waals surface area contributed by atoms with Gasteiger partial charge in [-0.25, -0.2) is 0 Å². The molecule has 28 heavy (non-hydrogen) atoms. The van der Waals surface area contributed by atoms with Crippen LogP contribution < -0.4 is 4.90 Å². The van der Waals surface area contributed by atoms with Gasteiger partial charge in [-0.2, -0.15) is 0 Å². The molecular weight excluding hydrogens is 426 g/mol. The highest BCUT2D eigenvalue weighted by Crippen LogP contribution is 2.43. The minimum Gasteiger partial charge on any atom is -0.310 e. The van der Waals surface area contributed by atoms with E-state index in [4.69, 9.17) is 0 Å². The van der Waals surface area contributed by atoms with Crippen LogP contribution in [0.1, 0.15) is 5.56 Å². The molecule has 4 aromatic carbocycles. The van der Waals surface area contributed by atoms with Crippen molar-refractivity contribution in [2.75, 3.05) is 4.90 Å². The molecule has 0 bridgehead atoms. The second-order valence-corrected chi connectivity index (χ2v) is 8.80. The fourth-order valence-electron chi connectivity index (χ4n) is 3.75. The van der Waals surface area contributed by atoms with Crippen LogP contribution in [0.4, 0.5) is 17.1 Å². The van der Waals surface area contributed by atoms with Crippen molar-refractivity contribution >= 4 is 64.5 Å². The van der Waals surface area contributed by atoms with Crippen molar-refractivity contribution in [3.63, 3.8) is 0 Å². The Balaban J connectivity index is 1.76. The Morgan fingerprint density at radius 1 is 0.679 bits per heavy atom. The van der Waals surface area contributed by atoms with Crippen molar-refractivity contribution < 1.29 is 0 Å². The van der Waals surface area contributed by atoms with E-state index in [9.17, 15) is 0 Å². The van der Waals surface area contributed by atoms with Crippen molar-refractivity contribution in [3.8, 4) is 0 Å². The summed E-state index contributed by atoms with van der Waals surface area (Å²) in [4.78, 5) is 2.34. The molecule has 0 amide bonds. The third-order valence-electron chi connectivity index (χ3n) is 5.11. The topological polar surface area (TPSA) is 3.24 Å². The Kier molecular flexibility index (Phi) is 4.42. The molecule has 0 spiro atoms. The van der Waals surface area contributed by atoms with Gasteiger partial charge < -0.3 is 4.90 Å². The molecule has 0 aliphatic carbocycles. The molecule has 136 valence electrons. The minimum absolute atomic E-state index is 1.08. The first-order chi connectivity index (χ1) is 13.7. The molecule has 0 saturated heterocycles. The third-order valence-corrected chi connectivity index (χ3v) is 6.94. The lowest BCUT2D eigenvalue weighted by Gasteiger charge is -2.27. The van der Waals surface area contributed by atoms with E-state index >= 15 is 0 Å². The van der Waals surface area contributed by atoms with Gasteiger partial charge in [0, 0.05) is 36.0 Å². The first-order valence-electron chi connectivity index (χ1n) is 9.24. The van der Waals surface area contributed by atoms with Crippen LogP contribution in [0.5, 0.6) is 0 Å². The van der Waals surface area contributed by atoms with Gasteiger partial charge in [0.05, 0.1) is 5.69 Å². The van der Waals surface area contributed by atoms with Crippen molar-refractivity contribution in [2.24, 2.45) is 0 Å². The van der Waals surface area contributed by atoms with E-state index in [-0.39, 0.29) is 0 Å². The van der Waals surface area contributed by atoms with Crippen LogP contribution >= 0.6 is 27.3 Å². The second kappa shape index (κ2) is 7.08. The molecule has 0 saturated carbocycles. The molecule has 0 unspecified atom stereocenters. The molecule has 0 aliphatic rings. The van der Waals surface area contributed by atoms with Crippen LogP contribution in [0.2, 0.25) is 0 Å². The summed E-state index contributed by atoms with van der Waals surface area (Å²) in [7, 11) is 0. The number of para-hydroxylation sites is 1. The lowest BCUT2D eigenvalue weighted by atomic mass is 10.1. The van der Waals surface area contributed by atoms with E-state index in [0.717, 1.165) is 15.8 Å². The summed E-state index contributed by atoms with van der Waals surface area (Å²) in [6, 6.07) is 32.3. The first-order valence-corrected chi connectivity index (χ1v) is 10.8. The maximum Gasteiger partial charge on any atom is 0.0505 e. The van der Waals surface area contributed by atoms with E-state index in [0.29, 0.717) is 0 Å². The number of rotatable bonds is 3. The van der Waals surface area contributed by atoms with Gasteiger partial charge in [-0.1, -0.05) is 58.4 Å². The Morgan fingerprint density at radius 3 is 2.14 bits per heavy atom. The zero-order chi connectivity index (χ0) is 19.1. The molecule has 3 heteroatoms. The lowest BCUT2D eigenvalue weighted by Crippen LogP contribution is -2.11. The van der Waals surface area contributed by atoms with Crippen LogP contribution in [-0.2, 0) is 0 Å². The molecule has 1 aromatic heterocycles. The maximum atomic E-state index is 3.56. The van der Waals surface area contributed by atoms with Crippen LogP contribution in [-0.4, -0.2) is 0 Å². The van der Waals surface area contributed by atoms with Crippen LogP contribution in [0.3, 0.4) is 0 Å². The van der Waals surface area contributed by atoms with Gasteiger partial charge >= 0.3 is 0 Å². The zero-order valence-corrected chi connectivity index (χ0v) is 17.8. The summed E-state index contributed by atoms with van der Waals surface area (Å²) in [6.07, 6.45) is 0. The molecule has 0 atom stereocenters. The second-order valence-electron chi connectivity index (χ2n) is 6.83. The number of aryl methyl sites for hydroxylation is 1. The summed E-state index contributed by atoms with van der Waals surface area (Å²) in [5.74, 6) is 0. The number of hydrogen-bond donors (Lipinski definition) is 0. The fourth-order valence-corrected chi connectivity index (χ4v) is 5.21. The number of benzene rings is 4. The fraction of sp³-hybridized carbons (Fsp3) is 0.0400. The lowest BCUT2D eigenvalue weighted by molar-refractivity contribution is 1.26. The largest absolute Gasteiger partial charge is 0.310 e. The van der Waals surface area contributed by atoms with Gasteiger partial charge in [0.25, 0.3) is 0 Å². The van der Waals surface area contributed by atoms with Crippen LogP contribution in [0.15, 0.2) is 95.5 Å². The van der Waals surface area contributed by atoms with Gasteiger partial charge in [0.2, 0.25) is 0 Å². The number of anilines is 3. The van der Waals surface area contributed by atoms with E-state index in [2.05, 4.69) is 119 Å². The Labute approximate surface area is 177 Å². The number of halogens is 1. The monoisotopic (exact) mass is 443 g/mol. The SMILES string of the molecule is Cc1c(N(c2ccccc2)c2ccc(Br)cc2)ccc2c1sc1ccccc12. The summed E-state index contributed by atoms with van der Waals surface area (Å²) in [6.45, 7) is 2.24. The minimum atomic E-state index is 1.08. The zero-order valence-electron chi connectivity index (χ0n) is 15.4. The average Bonchev–Trinajstić information content (AvgIpc) is 3.12. The van der Waals surface area contributed by atoms with Gasteiger partial charge in [-0.15, -0.1) is 11.3 Å². The highest BCUT2D eigenvalue weighted by molar-refractivity contribution is 9.10. The van der Waals surface area contributed by atoms with E-state index < -0.39 is 0 Å². The summed E-state index contributed by atoms with van der Waals surface area (Å²) in [5.41, 5.74) is 4.84. The molecule has 5 aromatic rings. The normalized spacial score (nSPS) is 11.2. The summed E-state index contributed by atoms with van der Waals surface area (Å²) >= 11 is 5.44. The summed E-state index contributed by atoms with van der Waals surface area (Å²) in [5, 5.41) is 2.68. The molecule has 0 radical (unpaired) electrons. The smallest absolute Gasteiger partial charge is 0.0505 e. The van der Waals surface area contributed by atoms with Crippen molar-refractivity contribution in [1.29, 1.82) is 0 Å². The Bertz CT molecular complexity index is 1270. The van der Waals surface area contributed by atoms with E-state index in [1.165, 1.54) is 31.4 Å². The number of hydrogen-bond acceptors (Lipinski definition) is 2. The van der Waals surface area contributed by atoms with E-state index in [1.54, 1.807) is 0 Å². The van der Waals surface area contributed by atoms with Gasteiger partial charge in [-0.05, 0) is 61.0 Å². The predicted octanol–water partition coefficient (Wildman–Crippen LogP) is 8.60. The van der Waals surface area contributed by atoms with Crippen molar-refractivity contribution in [3.05, 3.63) is 101 Å². The molecule has 1 nitrogen and oxygen atoms in total. The molecule has 0 fully saturated rings. The number of fused-ring (bicyclic) bond motifs is 3. The van der Waals surface area contributed by atoms with Crippen molar-refractivity contribution in [1.82, 2.24) is 0 Å². The van der Waals surface area contributed by atoms with Gasteiger partial charge in [-0.3, -0.25) is 0 Å². The highest BCUT2D eigenvalue weighted by atomic mass is 79.9. The van der Waals surface area contributed by atoms with E-state index in [1.807, 2.05) is 11.3 Å². The standard InChI is InChI=1S/C25H18BrNS/c1-17-23(16-15-22-21-9-5-6-10-24(21)28-25(17)22)27(19-7-3-2-4-8-19)20-13-11-18(26)12-14-20/h2-16H,1H3. The van der Waals surface area contributed by atoms with Gasteiger partial charge in [0.15, 0.2) is 0 Å². The average molecular weight is 444 g/mol. The van der Waals surface area contributed by atoms with Crippen molar-refractivity contribution in [2.45, 2.75) is 6.92 Å². The third kappa shape index (κ3) is 2.92. The molecule has 0 N–H and O–H groups in total. The van der Waals surface area contributed by atoms with Crippen LogP contribution in [0.25, 0.3) is 20.2 Å². The molecule has 1 heterocycles. The molecular formula is C25H18BrNS. The number of thiophene rings is 1. The highest BCUT2D eigenvalue weighted by Gasteiger charge is 2.17. The maximum absolute atomic E-state index is 3.56. The first kappa shape index (κ1) is 17.5. The molecule has 5 rings (SSSR count).